The Bertz CT molecular complexity index is 534. The summed E-state index contributed by atoms with van der Waals surface area (Å²) in [6.07, 6.45) is 6.31. The van der Waals surface area contributed by atoms with Gasteiger partial charge < -0.3 is 9.47 Å². The fourth-order valence-corrected chi connectivity index (χ4v) is 6.42. The van der Waals surface area contributed by atoms with E-state index in [0.717, 1.165) is 31.6 Å². The zero-order valence-corrected chi connectivity index (χ0v) is 20.3. The van der Waals surface area contributed by atoms with Crippen LogP contribution in [0, 0.1) is 39.4 Å². The summed E-state index contributed by atoms with van der Waals surface area (Å²) >= 11 is 0. The zero-order chi connectivity index (χ0) is 21.5. The Hall–Kier alpha value is -0.570. The SMILES string of the molecule is COC(OC(=O)C(C)(CC(C)(C)C)C(C)(C)C)C12CC(C)CC(CC(C)C1)C2. The van der Waals surface area contributed by atoms with Crippen LogP contribution in [0.1, 0.15) is 101 Å². The Balaban J connectivity index is 2.30. The van der Waals surface area contributed by atoms with Gasteiger partial charge in [-0.25, -0.2) is 0 Å². The summed E-state index contributed by atoms with van der Waals surface area (Å²) in [5, 5.41) is 0. The monoisotopic (exact) mass is 394 g/mol. The van der Waals surface area contributed by atoms with Crippen LogP contribution in [0.5, 0.6) is 0 Å². The van der Waals surface area contributed by atoms with Gasteiger partial charge in [0.05, 0.1) is 5.41 Å². The second-order valence-electron chi connectivity index (χ2n) is 12.8. The standard InChI is InChI=1S/C25H46O3/c1-17-11-19-12-18(2)14-25(13-17,15-19)21(27-10)28-20(26)24(9,23(6,7)8)16-22(3,4)5/h17-19,21H,11-16H2,1-10H3. The third-order valence-corrected chi connectivity index (χ3v) is 7.59. The van der Waals surface area contributed by atoms with E-state index < -0.39 is 11.7 Å². The number of methoxy groups -OCH3 is 1. The van der Waals surface area contributed by atoms with Crippen LogP contribution in [-0.4, -0.2) is 19.4 Å². The molecule has 0 spiro atoms. The van der Waals surface area contributed by atoms with Crippen molar-refractivity contribution in [3.63, 3.8) is 0 Å². The first-order valence-corrected chi connectivity index (χ1v) is 11.4. The Morgan fingerprint density at radius 3 is 1.86 bits per heavy atom. The van der Waals surface area contributed by atoms with E-state index >= 15 is 0 Å². The van der Waals surface area contributed by atoms with Crippen LogP contribution in [-0.2, 0) is 14.3 Å². The van der Waals surface area contributed by atoms with Crippen LogP contribution in [0.3, 0.4) is 0 Å². The number of esters is 1. The summed E-state index contributed by atoms with van der Waals surface area (Å²) in [6, 6.07) is 0. The van der Waals surface area contributed by atoms with Crippen molar-refractivity contribution in [1.29, 1.82) is 0 Å². The van der Waals surface area contributed by atoms with Gasteiger partial charge in [-0.3, -0.25) is 4.79 Å². The molecular formula is C25H46O3. The zero-order valence-electron chi connectivity index (χ0n) is 20.3. The molecule has 4 atom stereocenters. The molecule has 0 saturated heterocycles. The van der Waals surface area contributed by atoms with Crippen molar-refractivity contribution in [1.82, 2.24) is 0 Å². The Kier molecular flexibility index (Phi) is 6.71. The van der Waals surface area contributed by atoms with Crippen molar-refractivity contribution in [3.05, 3.63) is 0 Å². The number of ether oxygens (including phenoxy) is 2. The van der Waals surface area contributed by atoms with E-state index in [2.05, 4.69) is 62.3 Å². The Labute approximate surface area is 174 Å². The molecule has 0 aliphatic heterocycles. The molecule has 2 fully saturated rings. The van der Waals surface area contributed by atoms with E-state index in [1.807, 2.05) is 0 Å². The first-order valence-electron chi connectivity index (χ1n) is 11.4. The van der Waals surface area contributed by atoms with Gasteiger partial charge >= 0.3 is 5.97 Å². The molecule has 0 N–H and O–H groups in total. The van der Waals surface area contributed by atoms with Crippen molar-refractivity contribution in [2.24, 2.45) is 39.4 Å². The maximum atomic E-state index is 13.6. The smallest absolute Gasteiger partial charge is 0.314 e. The summed E-state index contributed by atoms with van der Waals surface area (Å²) in [6.45, 7) is 19.9. The van der Waals surface area contributed by atoms with E-state index in [0.29, 0.717) is 11.8 Å². The van der Waals surface area contributed by atoms with E-state index in [1.165, 1.54) is 12.8 Å². The molecule has 3 nitrogen and oxygen atoms in total. The lowest BCUT2D eigenvalue weighted by atomic mass is 9.56. The summed E-state index contributed by atoms with van der Waals surface area (Å²) in [4.78, 5) is 13.6. The van der Waals surface area contributed by atoms with Crippen molar-refractivity contribution in [3.8, 4) is 0 Å². The van der Waals surface area contributed by atoms with Gasteiger partial charge in [0.2, 0.25) is 6.29 Å². The number of carbonyl (C=O) groups is 1. The molecule has 0 amide bonds. The van der Waals surface area contributed by atoms with Gasteiger partial charge in [0.15, 0.2) is 0 Å². The van der Waals surface area contributed by atoms with Gasteiger partial charge in [-0.1, -0.05) is 55.4 Å². The average Bonchev–Trinajstić information content (AvgIpc) is 2.47. The topological polar surface area (TPSA) is 35.5 Å². The van der Waals surface area contributed by atoms with Gasteiger partial charge in [0, 0.05) is 12.5 Å². The molecule has 2 rings (SSSR count). The maximum Gasteiger partial charge on any atom is 0.314 e. The minimum atomic E-state index is -0.557. The molecule has 2 aliphatic rings. The molecule has 3 heteroatoms. The normalized spacial score (nSPS) is 34.4. The number of hydrogen-bond donors (Lipinski definition) is 0. The molecule has 28 heavy (non-hydrogen) atoms. The second-order valence-corrected chi connectivity index (χ2v) is 12.8. The van der Waals surface area contributed by atoms with Crippen LogP contribution in [0.4, 0.5) is 0 Å². The molecule has 2 bridgehead atoms. The molecule has 164 valence electrons. The molecule has 0 aromatic heterocycles. The summed E-state index contributed by atoms with van der Waals surface area (Å²) in [5.74, 6) is 1.99. The fraction of sp³-hybridized carbons (Fsp3) is 0.960. The maximum absolute atomic E-state index is 13.6. The molecule has 2 aliphatic carbocycles. The fourth-order valence-electron chi connectivity index (χ4n) is 6.42. The van der Waals surface area contributed by atoms with Gasteiger partial charge in [-0.15, -0.1) is 0 Å². The van der Waals surface area contributed by atoms with Crippen molar-refractivity contribution >= 4 is 5.97 Å². The quantitative estimate of drug-likeness (QED) is 0.378. The first-order chi connectivity index (χ1) is 12.6. The number of rotatable bonds is 5. The number of carbonyl (C=O) groups excluding carboxylic acids is 1. The van der Waals surface area contributed by atoms with Crippen LogP contribution < -0.4 is 0 Å². The van der Waals surface area contributed by atoms with E-state index in [-0.39, 0.29) is 22.2 Å². The molecule has 4 unspecified atom stereocenters. The van der Waals surface area contributed by atoms with Crippen LogP contribution in [0.15, 0.2) is 0 Å². The van der Waals surface area contributed by atoms with Crippen molar-refractivity contribution < 1.29 is 14.3 Å². The summed E-state index contributed by atoms with van der Waals surface area (Å²) in [5.41, 5.74) is -0.717. The van der Waals surface area contributed by atoms with Crippen LogP contribution >= 0.6 is 0 Å². The third kappa shape index (κ3) is 4.94. The lowest BCUT2D eigenvalue weighted by Gasteiger charge is -2.53. The average molecular weight is 395 g/mol. The Morgan fingerprint density at radius 2 is 1.46 bits per heavy atom. The van der Waals surface area contributed by atoms with Gasteiger partial charge in [0.1, 0.15) is 0 Å². The van der Waals surface area contributed by atoms with Gasteiger partial charge in [0.25, 0.3) is 0 Å². The largest absolute Gasteiger partial charge is 0.435 e. The predicted molar refractivity (Wildman–Crippen MR) is 116 cm³/mol. The highest BCUT2D eigenvalue weighted by Crippen LogP contribution is 2.56. The molecule has 2 saturated carbocycles. The minimum Gasteiger partial charge on any atom is -0.435 e. The van der Waals surface area contributed by atoms with Crippen LogP contribution in [0.2, 0.25) is 0 Å². The predicted octanol–water partition coefficient (Wildman–Crippen LogP) is 6.84. The van der Waals surface area contributed by atoms with Crippen LogP contribution in [0.25, 0.3) is 0 Å². The second kappa shape index (κ2) is 7.93. The van der Waals surface area contributed by atoms with E-state index in [9.17, 15) is 4.79 Å². The van der Waals surface area contributed by atoms with Crippen molar-refractivity contribution in [2.75, 3.05) is 7.11 Å². The highest BCUT2D eigenvalue weighted by Gasteiger charge is 2.54. The van der Waals surface area contributed by atoms with E-state index in [4.69, 9.17) is 9.47 Å². The van der Waals surface area contributed by atoms with Gasteiger partial charge in [-0.2, -0.15) is 0 Å². The highest BCUT2D eigenvalue weighted by molar-refractivity contribution is 5.77. The molecular weight excluding hydrogens is 348 g/mol. The van der Waals surface area contributed by atoms with Gasteiger partial charge in [-0.05, 0) is 74.0 Å². The summed E-state index contributed by atoms with van der Waals surface area (Å²) in [7, 11) is 1.72. The molecule has 0 aromatic rings. The Morgan fingerprint density at radius 1 is 0.964 bits per heavy atom. The first kappa shape index (κ1) is 23.7. The number of fused-ring (bicyclic) bond motifs is 2. The number of hydrogen-bond acceptors (Lipinski definition) is 3. The molecule has 0 radical (unpaired) electrons. The van der Waals surface area contributed by atoms with E-state index in [1.54, 1.807) is 7.11 Å². The van der Waals surface area contributed by atoms with Crippen molar-refractivity contribution in [2.45, 2.75) is 107 Å². The summed E-state index contributed by atoms with van der Waals surface area (Å²) < 4.78 is 12.2. The third-order valence-electron chi connectivity index (χ3n) is 7.59. The lowest BCUT2D eigenvalue weighted by molar-refractivity contribution is -0.236. The highest BCUT2D eigenvalue weighted by atomic mass is 16.7. The molecule has 0 heterocycles. The lowest BCUT2D eigenvalue weighted by Crippen LogP contribution is -2.52. The molecule has 0 aromatic carbocycles. The minimum absolute atomic E-state index is 0.0229.